The van der Waals surface area contributed by atoms with Crippen molar-refractivity contribution in [2.75, 3.05) is 0 Å². The number of hydrogen-bond donors (Lipinski definition) is 2. The third-order valence-electron chi connectivity index (χ3n) is 4.17. The molecule has 0 radical (unpaired) electrons. The van der Waals surface area contributed by atoms with Gasteiger partial charge in [-0.25, -0.2) is 4.79 Å². The molecule has 0 aliphatic heterocycles. The van der Waals surface area contributed by atoms with Crippen molar-refractivity contribution in [1.29, 1.82) is 0 Å². The SMILES string of the molecule is CC1CCC(NC(=O)c2cc(C(=O)O)co2)c2ccccc21. The molecule has 1 aliphatic rings. The average Bonchev–Trinajstić information content (AvgIpc) is 3.01. The van der Waals surface area contributed by atoms with Crippen LogP contribution in [0.4, 0.5) is 0 Å². The molecule has 1 aromatic heterocycles. The number of carbonyl (C=O) groups is 2. The summed E-state index contributed by atoms with van der Waals surface area (Å²) in [6.45, 7) is 2.18. The molecule has 2 aromatic rings. The van der Waals surface area contributed by atoms with Crippen molar-refractivity contribution in [2.24, 2.45) is 0 Å². The highest BCUT2D eigenvalue weighted by molar-refractivity contribution is 5.95. The minimum absolute atomic E-state index is 0.0218. The summed E-state index contributed by atoms with van der Waals surface area (Å²) in [5.41, 5.74) is 2.35. The number of amides is 1. The number of carboxylic acids is 1. The second-order valence-corrected chi connectivity index (χ2v) is 5.64. The second kappa shape index (κ2) is 5.67. The summed E-state index contributed by atoms with van der Waals surface area (Å²) in [5.74, 6) is -0.999. The second-order valence-electron chi connectivity index (χ2n) is 5.64. The fourth-order valence-electron chi connectivity index (χ4n) is 2.95. The summed E-state index contributed by atoms with van der Waals surface area (Å²) in [5, 5.41) is 11.8. The van der Waals surface area contributed by atoms with Gasteiger partial charge in [0, 0.05) is 6.07 Å². The molecule has 5 nitrogen and oxygen atoms in total. The third kappa shape index (κ3) is 2.62. The van der Waals surface area contributed by atoms with Crippen molar-refractivity contribution in [1.82, 2.24) is 5.32 Å². The van der Waals surface area contributed by atoms with Crippen LogP contribution in [-0.2, 0) is 0 Å². The normalized spacial score (nSPS) is 20.2. The molecule has 2 atom stereocenters. The Balaban J connectivity index is 1.80. The summed E-state index contributed by atoms with van der Waals surface area (Å²) in [7, 11) is 0. The fraction of sp³-hybridized carbons (Fsp3) is 0.294. The monoisotopic (exact) mass is 299 g/mol. The van der Waals surface area contributed by atoms with Gasteiger partial charge >= 0.3 is 5.97 Å². The van der Waals surface area contributed by atoms with Crippen LogP contribution in [0.3, 0.4) is 0 Å². The van der Waals surface area contributed by atoms with Gasteiger partial charge in [-0.1, -0.05) is 31.2 Å². The highest BCUT2D eigenvalue weighted by atomic mass is 16.4. The Kier molecular flexibility index (Phi) is 3.71. The molecule has 1 aliphatic carbocycles. The molecule has 2 unspecified atom stereocenters. The maximum absolute atomic E-state index is 12.2. The van der Waals surface area contributed by atoms with Gasteiger partial charge in [0.2, 0.25) is 0 Å². The zero-order chi connectivity index (χ0) is 15.7. The quantitative estimate of drug-likeness (QED) is 0.911. The first-order valence-corrected chi connectivity index (χ1v) is 7.27. The van der Waals surface area contributed by atoms with E-state index < -0.39 is 5.97 Å². The van der Waals surface area contributed by atoms with Gasteiger partial charge in [0.05, 0.1) is 11.6 Å². The Morgan fingerprint density at radius 3 is 2.64 bits per heavy atom. The Morgan fingerprint density at radius 2 is 1.95 bits per heavy atom. The van der Waals surface area contributed by atoms with Crippen LogP contribution in [-0.4, -0.2) is 17.0 Å². The molecule has 1 aromatic carbocycles. The summed E-state index contributed by atoms with van der Waals surface area (Å²) < 4.78 is 5.05. The molecule has 114 valence electrons. The van der Waals surface area contributed by atoms with Crippen LogP contribution in [0.1, 0.15) is 63.8 Å². The molecule has 22 heavy (non-hydrogen) atoms. The fourth-order valence-corrected chi connectivity index (χ4v) is 2.95. The lowest BCUT2D eigenvalue weighted by Gasteiger charge is -2.30. The first-order valence-electron chi connectivity index (χ1n) is 7.27. The van der Waals surface area contributed by atoms with Crippen LogP contribution >= 0.6 is 0 Å². The molecular formula is C17H17NO4. The van der Waals surface area contributed by atoms with Crippen LogP contribution in [0.5, 0.6) is 0 Å². The van der Waals surface area contributed by atoms with E-state index >= 15 is 0 Å². The molecule has 1 heterocycles. The number of fused-ring (bicyclic) bond motifs is 1. The van der Waals surface area contributed by atoms with Crippen LogP contribution in [0.25, 0.3) is 0 Å². The van der Waals surface area contributed by atoms with E-state index in [1.807, 2.05) is 18.2 Å². The number of rotatable bonds is 3. The van der Waals surface area contributed by atoms with E-state index in [0.29, 0.717) is 5.92 Å². The smallest absolute Gasteiger partial charge is 0.338 e. The molecule has 3 rings (SSSR count). The van der Waals surface area contributed by atoms with Gasteiger partial charge in [0.15, 0.2) is 5.76 Å². The number of aromatic carboxylic acids is 1. The Morgan fingerprint density at radius 1 is 1.23 bits per heavy atom. The van der Waals surface area contributed by atoms with Crippen LogP contribution in [0.2, 0.25) is 0 Å². The summed E-state index contributed by atoms with van der Waals surface area (Å²) in [6, 6.07) is 9.26. The number of furan rings is 1. The molecule has 0 saturated carbocycles. The van der Waals surface area contributed by atoms with Gasteiger partial charge in [-0.15, -0.1) is 0 Å². The van der Waals surface area contributed by atoms with Gasteiger partial charge < -0.3 is 14.8 Å². The third-order valence-corrected chi connectivity index (χ3v) is 4.17. The minimum atomic E-state index is -1.11. The number of carboxylic acid groups (broad SMARTS) is 1. The average molecular weight is 299 g/mol. The van der Waals surface area contributed by atoms with E-state index in [9.17, 15) is 9.59 Å². The Labute approximate surface area is 127 Å². The number of nitrogens with one attached hydrogen (secondary N) is 1. The lowest BCUT2D eigenvalue weighted by atomic mass is 9.81. The molecule has 0 bridgehead atoms. The van der Waals surface area contributed by atoms with E-state index in [-0.39, 0.29) is 23.3 Å². The molecule has 0 saturated heterocycles. The maximum Gasteiger partial charge on any atom is 0.338 e. The van der Waals surface area contributed by atoms with Gasteiger partial charge in [0.25, 0.3) is 5.91 Å². The zero-order valence-corrected chi connectivity index (χ0v) is 12.2. The summed E-state index contributed by atoms with van der Waals surface area (Å²) in [6.07, 6.45) is 2.94. The molecule has 5 heteroatoms. The molecule has 0 spiro atoms. The first kappa shape index (κ1) is 14.4. The van der Waals surface area contributed by atoms with Crippen molar-refractivity contribution in [3.8, 4) is 0 Å². The van der Waals surface area contributed by atoms with Gasteiger partial charge in [-0.2, -0.15) is 0 Å². The van der Waals surface area contributed by atoms with Crippen molar-refractivity contribution in [2.45, 2.75) is 31.7 Å². The number of carbonyl (C=O) groups excluding carboxylic acids is 1. The van der Waals surface area contributed by atoms with E-state index in [1.54, 1.807) is 0 Å². The standard InChI is InChI=1S/C17H17NO4/c1-10-6-7-14(13-5-3-2-4-12(10)13)18-16(19)15-8-11(9-22-15)17(20)21/h2-5,8-10,14H,6-7H2,1H3,(H,18,19)(H,20,21). The minimum Gasteiger partial charge on any atom is -0.478 e. The van der Waals surface area contributed by atoms with E-state index in [4.69, 9.17) is 9.52 Å². The van der Waals surface area contributed by atoms with Gasteiger partial charge in [0.1, 0.15) is 6.26 Å². The van der Waals surface area contributed by atoms with Crippen LogP contribution in [0.15, 0.2) is 41.0 Å². The number of hydrogen-bond acceptors (Lipinski definition) is 3. The maximum atomic E-state index is 12.2. The molecule has 0 fully saturated rings. The van der Waals surface area contributed by atoms with E-state index in [1.165, 1.54) is 11.6 Å². The Bertz CT molecular complexity index is 719. The van der Waals surface area contributed by atoms with Crippen molar-refractivity contribution >= 4 is 11.9 Å². The van der Waals surface area contributed by atoms with Crippen LogP contribution < -0.4 is 5.32 Å². The molecule has 2 N–H and O–H groups in total. The zero-order valence-electron chi connectivity index (χ0n) is 12.2. The lowest BCUT2D eigenvalue weighted by molar-refractivity contribution is 0.0695. The highest BCUT2D eigenvalue weighted by Gasteiger charge is 2.26. The topological polar surface area (TPSA) is 79.5 Å². The highest BCUT2D eigenvalue weighted by Crippen LogP contribution is 2.37. The molecule has 1 amide bonds. The Hall–Kier alpha value is -2.56. The van der Waals surface area contributed by atoms with Crippen molar-refractivity contribution in [3.05, 3.63) is 59.0 Å². The first-order chi connectivity index (χ1) is 10.6. The van der Waals surface area contributed by atoms with Crippen molar-refractivity contribution in [3.63, 3.8) is 0 Å². The van der Waals surface area contributed by atoms with Crippen molar-refractivity contribution < 1.29 is 19.1 Å². The predicted molar refractivity (Wildman–Crippen MR) is 80.0 cm³/mol. The van der Waals surface area contributed by atoms with Gasteiger partial charge in [-0.3, -0.25) is 4.79 Å². The number of benzene rings is 1. The van der Waals surface area contributed by atoms with E-state index in [0.717, 1.165) is 24.7 Å². The van der Waals surface area contributed by atoms with E-state index in [2.05, 4.69) is 18.3 Å². The summed E-state index contributed by atoms with van der Waals surface area (Å²) in [4.78, 5) is 23.1. The lowest BCUT2D eigenvalue weighted by Crippen LogP contribution is -2.31. The molecular weight excluding hydrogens is 282 g/mol. The predicted octanol–water partition coefficient (Wildman–Crippen LogP) is 3.35. The largest absolute Gasteiger partial charge is 0.478 e. The summed E-state index contributed by atoms with van der Waals surface area (Å²) >= 11 is 0. The van der Waals surface area contributed by atoms with Gasteiger partial charge in [-0.05, 0) is 29.9 Å². The van der Waals surface area contributed by atoms with Crippen LogP contribution in [0, 0.1) is 0 Å².